The van der Waals surface area contributed by atoms with E-state index in [-0.39, 0.29) is 0 Å². The summed E-state index contributed by atoms with van der Waals surface area (Å²) in [4.78, 5) is 13.3. The van der Waals surface area contributed by atoms with Gasteiger partial charge in [-0.1, -0.05) is 6.07 Å². The van der Waals surface area contributed by atoms with Gasteiger partial charge in [0.25, 0.3) is 0 Å². The summed E-state index contributed by atoms with van der Waals surface area (Å²) in [6, 6.07) is 5.87. The number of carboxylic acids is 1. The zero-order chi connectivity index (χ0) is 13.2. The van der Waals surface area contributed by atoms with Gasteiger partial charge in [0, 0.05) is 25.3 Å². The van der Waals surface area contributed by atoms with Crippen LogP contribution in [0.4, 0.5) is 5.69 Å². The van der Waals surface area contributed by atoms with Gasteiger partial charge in [-0.25, -0.2) is 0 Å². The van der Waals surface area contributed by atoms with E-state index >= 15 is 0 Å². The Bertz CT molecular complexity index is 484. The van der Waals surface area contributed by atoms with Crippen LogP contribution in [-0.4, -0.2) is 43.4 Å². The van der Waals surface area contributed by atoms with E-state index in [0.29, 0.717) is 13.0 Å². The van der Waals surface area contributed by atoms with Crippen LogP contribution >= 0.6 is 0 Å². The standard InChI is InChI=1S/C14H18N2O3/c17-14(18)13-8-10-1-2-12(7-11(10)9-15-13)16-3-5-19-6-4-16/h1-2,7,13,15H,3-6,8-9H2,(H,17,18). The summed E-state index contributed by atoms with van der Waals surface area (Å²) in [5, 5.41) is 12.1. The van der Waals surface area contributed by atoms with Crippen molar-refractivity contribution < 1.29 is 14.6 Å². The molecule has 1 fully saturated rings. The molecule has 1 unspecified atom stereocenters. The van der Waals surface area contributed by atoms with Crippen LogP contribution in [0, 0.1) is 0 Å². The second-order valence-electron chi connectivity index (χ2n) is 5.03. The predicted octanol–water partition coefficient (Wildman–Crippen LogP) is 0.622. The molecule has 5 nitrogen and oxygen atoms in total. The van der Waals surface area contributed by atoms with Crippen LogP contribution in [0.3, 0.4) is 0 Å². The third-order valence-electron chi connectivity index (χ3n) is 3.83. The van der Waals surface area contributed by atoms with E-state index in [1.165, 1.54) is 11.3 Å². The summed E-state index contributed by atoms with van der Waals surface area (Å²) < 4.78 is 5.35. The minimum Gasteiger partial charge on any atom is -0.480 e. The summed E-state index contributed by atoms with van der Waals surface area (Å²) in [6.45, 7) is 4.02. The van der Waals surface area contributed by atoms with Crippen LogP contribution in [0.5, 0.6) is 0 Å². The fraction of sp³-hybridized carbons (Fsp3) is 0.500. The molecule has 5 heteroatoms. The SMILES string of the molecule is O=C(O)C1Cc2ccc(N3CCOCC3)cc2CN1. The molecule has 2 heterocycles. The summed E-state index contributed by atoms with van der Waals surface area (Å²) in [6.07, 6.45) is 0.564. The van der Waals surface area contributed by atoms with E-state index in [0.717, 1.165) is 31.9 Å². The Morgan fingerprint density at radius 3 is 2.84 bits per heavy atom. The topological polar surface area (TPSA) is 61.8 Å². The lowest BCUT2D eigenvalue weighted by Gasteiger charge is -2.31. The normalized spacial score (nSPS) is 22.9. The number of carbonyl (C=O) groups is 1. The Morgan fingerprint density at radius 2 is 2.11 bits per heavy atom. The van der Waals surface area contributed by atoms with Gasteiger partial charge in [-0.15, -0.1) is 0 Å². The molecule has 0 bridgehead atoms. The highest BCUT2D eigenvalue weighted by Crippen LogP contribution is 2.24. The number of hydrogen-bond donors (Lipinski definition) is 2. The Hall–Kier alpha value is -1.59. The Kier molecular flexibility index (Phi) is 3.40. The third kappa shape index (κ3) is 2.57. The monoisotopic (exact) mass is 262 g/mol. The summed E-state index contributed by atoms with van der Waals surface area (Å²) >= 11 is 0. The van der Waals surface area contributed by atoms with Gasteiger partial charge in [0.1, 0.15) is 6.04 Å². The number of nitrogens with one attached hydrogen (secondary N) is 1. The zero-order valence-corrected chi connectivity index (χ0v) is 10.8. The van der Waals surface area contributed by atoms with Gasteiger partial charge in [0.15, 0.2) is 0 Å². The molecule has 2 aliphatic rings. The van der Waals surface area contributed by atoms with E-state index in [4.69, 9.17) is 9.84 Å². The first kappa shape index (κ1) is 12.4. The van der Waals surface area contributed by atoms with Gasteiger partial charge >= 0.3 is 5.97 Å². The number of morpholine rings is 1. The molecule has 0 spiro atoms. The van der Waals surface area contributed by atoms with E-state index in [1.807, 2.05) is 0 Å². The fourth-order valence-electron chi connectivity index (χ4n) is 2.69. The lowest BCUT2D eigenvalue weighted by atomic mass is 9.95. The van der Waals surface area contributed by atoms with Crippen LogP contribution in [0.1, 0.15) is 11.1 Å². The largest absolute Gasteiger partial charge is 0.480 e. The number of hydrogen-bond acceptors (Lipinski definition) is 4. The highest BCUT2D eigenvalue weighted by Gasteiger charge is 2.24. The number of anilines is 1. The molecule has 1 saturated heterocycles. The van der Waals surface area contributed by atoms with Crippen molar-refractivity contribution in [2.45, 2.75) is 19.0 Å². The number of nitrogens with zero attached hydrogens (tertiary/aromatic N) is 1. The second kappa shape index (κ2) is 5.19. The van der Waals surface area contributed by atoms with E-state index < -0.39 is 12.0 Å². The first-order valence-electron chi connectivity index (χ1n) is 6.65. The van der Waals surface area contributed by atoms with Crippen LogP contribution in [0.15, 0.2) is 18.2 Å². The number of fused-ring (bicyclic) bond motifs is 1. The van der Waals surface area contributed by atoms with Crippen molar-refractivity contribution in [3.8, 4) is 0 Å². The smallest absolute Gasteiger partial charge is 0.321 e. The zero-order valence-electron chi connectivity index (χ0n) is 10.8. The van der Waals surface area contributed by atoms with Crippen LogP contribution < -0.4 is 10.2 Å². The molecule has 102 valence electrons. The van der Waals surface area contributed by atoms with Crippen LogP contribution in [-0.2, 0) is 22.5 Å². The molecule has 0 aromatic heterocycles. The highest BCUT2D eigenvalue weighted by atomic mass is 16.5. The minimum absolute atomic E-state index is 0.457. The molecule has 0 radical (unpaired) electrons. The van der Waals surface area contributed by atoms with Crippen molar-refractivity contribution in [2.24, 2.45) is 0 Å². The van der Waals surface area contributed by atoms with Crippen molar-refractivity contribution in [2.75, 3.05) is 31.2 Å². The van der Waals surface area contributed by atoms with Gasteiger partial charge in [-0.05, 0) is 29.7 Å². The fourth-order valence-corrected chi connectivity index (χ4v) is 2.69. The van der Waals surface area contributed by atoms with Crippen molar-refractivity contribution in [3.05, 3.63) is 29.3 Å². The van der Waals surface area contributed by atoms with Crippen LogP contribution in [0.2, 0.25) is 0 Å². The van der Waals surface area contributed by atoms with Gasteiger partial charge in [-0.3, -0.25) is 4.79 Å². The maximum absolute atomic E-state index is 11.0. The van der Waals surface area contributed by atoms with Crippen molar-refractivity contribution >= 4 is 11.7 Å². The first-order chi connectivity index (χ1) is 9.24. The number of rotatable bonds is 2. The van der Waals surface area contributed by atoms with Crippen molar-refractivity contribution in [3.63, 3.8) is 0 Å². The molecule has 1 aromatic carbocycles. The van der Waals surface area contributed by atoms with E-state index in [9.17, 15) is 4.79 Å². The predicted molar refractivity (Wildman–Crippen MR) is 71.4 cm³/mol. The Morgan fingerprint density at radius 1 is 1.32 bits per heavy atom. The third-order valence-corrected chi connectivity index (χ3v) is 3.83. The molecule has 0 saturated carbocycles. The lowest BCUT2D eigenvalue weighted by Crippen LogP contribution is -2.42. The van der Waals surface area contributed by atoms with Gasteiger partial charge in [-0.2, -0.15) is 0 Å². The minimum atomic E-state index is -0.775. The molecule has 0 amide bonds. The lowest BCUT2D eigenvalue weighted by molar-refractivity contribution is -0.139. The number of carboxylic acid groups (broad SMARTS) is 1. The maximum Gasteiger partial charge on any atom is 0.321 e. The van der Waals surface area contributed by atoms with Gasteiger partial charge < -0.3 is 20.1 Å². The van der Waals surface area contributed by atoms with Gasteiger partial charge in [0.2, 0.25) is 0 Å². The van der Waals surface area contributed by atoms with Gasteiger partial charge in [0.05, 0.1) is 13.2 Å². The average Bonchev–Trinajstić information content (AvgIpc) is 2.47. The molecule has 1 aromatic rings. The van der Waals surface area contributed by atoms with Crippen molar-refractivity contribution in [1.29, 1.82) is 0 Å². The van der Waals surface area contributed by atoms with E-state index in [1.54, 1.807) is 0 Å². The molecule has 2 N–H and O–H groups in total. The Labute approximate surface area is 112 Å². The summed E-state index contributed by atoms with van der Waals surface area (Å²) in [5.41, 5.74) is 3.56. The van der Waals surface area contributed by atoms with Crippen molar-refractivity contribution in [1.82, 2.24) is 5.32 Å². The number of aliphatic carboxylic acids is 1. The quantitative estimate of drug-likeness (QED) is 0.818. The number of benzene rings is 1. The molecule has 1 atom stereocenters. The molecule has 3 rings (SSSR count). The molecule has 0 aliphatic carbocycles. The summed E-state index contributed by atoms with van der Waals surface area (Å²) in [5.74, 6) is -0.775. The highest BCUT2D eigenvalue weighted by molar-refractivity contribution is 5.74. The number of ether oxygens (including phenoxy) is 1. The molecule has 19 heavy (non-hydrogen) atoms. The van der Waals surface area contributed by atoms with E-state index in [2.05, 4.69) is 28.4 Å². The second-order valence-corrected chi connectivity index (χ2v) is 5.03. The maximum atomic E-state index is 11.0. The molecular weight excluding hydrogens is 244 g/mol. The summed E-state index contributed by atoms with van der Waals surface area (Å²) in [7, 11) is 0. The molecule has 2 aliphatic heterocycles. The molecular formula is C14H18N2O3. The average molecular weight is 262 g/mol. The Balaban J connectivity index is 1.79. The van der Waals surface area contributed by atoms with Crippen LogP contribution in [0.25, 0.3) is 0 Å². The first-order valence-corrected chi connectivity index (χ1v) is 6.65.